The smallest absolute Gasteiger partial charge is 0.326 e. The van der Waals surface area contributed by atoms with Crippen molar-refractivity contribution in [2.45, 2.75) is 37.8 Å². The highest BCUT2D eigenvalue weighted by Gasteiger charge is 2.36. The molecule has 0 radical (unpaired) electrons. The van der Waals surface area contributed by atoms with Gasteiger partial charge in [-0.3, -0.25) is 9.48 Å². The minimum Gasteiger partial charge on any atom is -0.326 e. The zero-order valence-electron chi connectivity index (χ0n) is 16.8. The standard InChI is InChI=1S/C19H23F3N4O3S/c1-12-17(13(2)25(3)24-12)30(28,29)26-9-5-6-14(11-26)18(27)23-16-8-4-7-15(10-16)19(20,21)22/h4,7-8,10,14H,5-6,9,11H2,1-3H3,(H,23,27). The van der Waals surface area contributed by atoms with E-state index < -0.39 is 33.6 Å². The molecular formula is C19H23F3N4O3S. The molecular weight excluding hydrogens is 421 g/mol. The molecule has 11 heteroatoms. The topological polar surface area (TPSA) is 84.3 Å². The summed E-state index contributed by atoms with van der Waals surface area (Å²) in [5.41, 5.74) is 0.0398. The zero-order valence-corrected chi connectivity index (χ0v) is 17.6. The van der Waals surface area contributed by atoms with Crippen molar-refractivity contribution in [2.75, 3.05) is 18.4 Å². The number of rotatable bonds is 4. The Morgan fingerprint density at radius 3 is 2.57 bits per heavy atom. The number of carbonyl (C=O) groups excluding carboxylic acids is 1. The number of piperidine rings is 1. The van der Waals surface area contributed by atoms with Gasteiger partial charge in [0.15, 0.2) is 0 Å². The Balaban J connectivity index is 1.77. The Hall–Kier alpha value is -2.40. The molecule has 3 rings (SSSR count). The predicted molar refractivity (Wildman–Crippen MR) is 104 cm³/mol. The van der Waals surface area contributed by atoms with Crippen molar-refractivity contribution in [3.8, 4) is 0 Å². The van der Waals surface area contributed by atoms with Crippen LogP contribution >= 0.6 is 0 Å². The van der Waals surface area contributed by atoms with Crippen molar-refractivity contribution < 1.29 is 26.4 Å². The fourth-order valence-electron chi connectivity index (χ4n) is 3.65. The van der Waals surface area contributed by atoms with Gasteiger partial charge >= 0.3 is 6.18 Å². The molecule has 2 aromatic rings. The Morgan fingerprint density at radius 1 is 1.27 bits per heavy atom. The minimum atomic E-state index is -4.52. The van der Waals surface area contributed by atoms with Gasteiger partial charge in [0.1, 0.15) is 4.90 Å². The number of carbonyl (C=O) groups is 1. The van der Waals surface area contributed by atoms with Crippen LogP contribution in [0.15, 0.2) is 29.2 Å². The summed E-state index contributed by atoms with van der Waals surface area (Å²) in [5, 5.41) is 6.64. The average molecular weight is 444 g/mol. The maximum Gasteiger partial charge on any atom is 0.416 e. The second kappa shape index (κ2) is 8.03. The number of anilines is 1. The van der Waals surface area contributed by atoms with E-state index in [1.54, 1.807) is 20.9 Å². The van der Waals surface area contributed by atoms with Gasteiger partial charge < -0.3 is 5.32 Å². The van der Waals surface area contributed by atoms with Gasteiger partial charge in [-0.2, -0.15) is 22.6 Å². The zero-order chi connectivity index (χ0) is 22.3. The molecule has 1 unspecified atom stereocenters. The molecule has 0 saturated carbocycles. The second-order valence-electron chi connectivity index (χ2n) is 7.39. The Labute approximate surface area is 172 Å². The first-order valence-electron chi connectivity index (χ1n) is 9.39. The fraction of sp³-hybridized carbons (Fsp3) is 0.474. The van der Waals surface area contributed by atoms with Crippen LogP contribution in [0, 0.1) is 19.8 Å². The van der Waals surface area contributed by atoms with Crippen molar-refractivity contribution >= 4 is 21.6 Å². The number of sulfonamides is 1. The van der Waals surface area contributed by atoms with E-state index >= 15 is 0 Å². The van der Waals surface area contributed by atoms with E-state index in [4.69, 9.17) is 0 Å². The van der Waals surface area contributed by atoms with Crippen LogP contribution in [0.3, 0.4) is 0 Å². The van der Waals surface area contributed by atoms with Crippen LogP contribution in [0.4, 0.5) is 18.9 Å². The summed E-state index contributed by atoms with van der Waals surface area (Å²) >= 11 is 0. The number of halogens is 3. The van der Waals surface area contributed by atoms with Crippen LogP contribution in [0.25, 0.3) is 0 Å². The van der Waals surface area contributed by atoms with Crippen molar-refractivity contribution in [3.63, 3.8) is 0 Å². The number of nitrogens with zero attached hydrogens (tertiary/aromatic N) is 3. The Morgan fingerprint density at radius 2 is 1.97 bits per heavy atom. The lowest BCUT2D eigenvalue weighted by molar-refractivity contribution is -0.137. The van der Waals surface area contributed by atoms with Crippen LogP contribution in [0.1, 0.15) is 29.8 Å². The molecule has 30 heavy (non-hydrogen) atoms. The van der Waals surface area contributed by atoms with Crippen LogP contribution in [-0.2, 0) is 28.0 Å². The minimum absolute atomic E-state index is 0.0220. The summed E-state index contributed by atoms with van der Waals surface area (Å²) < 4.78 is 67.7. The van der Waals surface area contributed by atoms with Gasteiger partial charge in [0.25, 0.3) is 0 Å². The Bertz CT molecular complexity index is 1060. The molecule has 0 spiro atoms. The van der Waals surface area contributed by atoms with Gasteiger partial charge in [-0.25, -0.2) is 8.42 Å². The van der Waals surface area contributed by atoms with Crippen LogP contribution in [-0.4, -0.2) is 41.5 Å². The molecule has 1 amide bonds. The van der Waals surface area contributed by atoms with E-state index in [0.717, 1.165) is 12.1 Å². The number of aryl methyl sites for hydroxylation is 2. The molecule has 164 valence electrons. The van der Waals surface area contributed by atoms with E-state index in [2.05, 4.69) is 10.4 Å². The molecule has 0 aliphatic carbocycles. The van der Waals surface area contributed by atoms with Crippen LogP contribution in [0.2, 0.25) is 0 Å². The lowest BCUT2D eigenvalue weighted by Crippen LogP contribution is -2.44. The number of hydrogen-bond donors (Lipinski definition) is 1. The Kier molecular flexibility index (Phi) is 5.96. The molecule has 0 bridgehead atoms. The predicted octanol–water partition coefficient (Wildman–Crippen LogP) is 3.10. The SMILES string of the molecule is Cc1nn(C)c(C)c1S(=O)(=O)N1CCCC(C(=O)Nc2cccc(C(F)(F)F)c2)C1. The molecule has 7 nitrogen and oxygen atoms in total. The van der Waals surface area contributed by atoms with Crippen molar-refractivity contribution in [1.82, 2.24) is 14.1 Å². The largest absolute Gasteiger partial charge is 0.416 e. The number of aromatic nitrogens is 2. The first-order chi connectivity index (χ1) is 13.9. The van der Waals surface area contributed by atoms with E-state index in [1.807, 2.05) is 0 Å². The molecule has 1 aliphatic rings. The number of hydrogen-bond acceptors (Lipinski definition) is 4. The van der Waals surface area contributed by atoms with Crippen LogP contribution in [0.5, 0.6) is 0 Å². The quantitative estimate of drug-likeness (QED) is 0.786. The molecule has 2 heterocycles. The highest BCUT2D eigenvalue weighted by molar-refractivity contribution is 7.89. The molecule has 1 N–H and O–H groups in total. The van der Waals surface area contributed by atoms with Crippen LogP contribution < -0.4 is 5.32 Å². The summed E-state index contributed by atoms with van der Waals surface area (Å²) in [6.07, 6.45) is -3.60. The van der Waals surface area contributed by atoms with Gasteiger partial charge in [0.05, 0.1) is 22.9 Å². The monoisotopic (exact) mass is 444 g/mol. The first-order valence-corrected chi connectivity index (χ1v) is 10.8. The third-order valence-corrected chi connectivity index (χ3v) is 7.37. The number of benzene rings is 1. The number of alkyl halides is 3. The maximum atomic E-state index is 13.1. The summed E-state index contributed by atoms with van der Waals surface area (Å²) in [6, 6.07) is 4.36. The molecule has 1 atom stereocenters. The summed E-state index contributed by atoms with van der Waals surface area (Å²) in [6.45, 7) is 3.50. The van der Waals surface area contributed by atoms with E-state index in [9.17, 15) is 26.4 Å². The third-order valence-electron chi connectivity index (χ3n) is 5.25. The van der Waals surface area contributed by atoms with Gasteiger partial charge in [0, 0.05) is 25.8 Å². The lowest BCUT2D eigenvalue weighted by atomic mass is 9.98. The summed E-state index contributed by atoms with van der Waals surface area (Å²) in [4.78, 5) is 12.8. The molecule has 1 aromatic carbocycles. The summed E-state index contributed by atoms with van der Waals surface area (Å²) in [5.74, 6) is -1.17. The van der Waals surface area contributed by atoms with Gasteiger partial charge in [-0.05, 0) is 44.9 Å². The molecule has 1 aromatic heterocycles. The van der Waals surface area contributed by atoms with Crippen molar-refractivity contribution in [3.05, 3.63) is 41.2 Å². The molecule has 1 saturated heterocycles. The van der Waals surface area contributed by atoms with Gasteiger partial charge in [0.2, 0.25) is 15.9 Å². The highest BCUT2D eigenvalue weighted by Crippen LogP contribution is 2.31. The summed E-state index contributed by atoms with van der Waals surface area (Å²) in [7, 11) is -2.19. The third kappa shape index (κ3) is 4.36. The highest BCUT2D eigenvalue weighted by atomic mass is 32.2. The van der Waals surface area contributed by atoms with E-state index in [1.165, 1.54) is 21.1 Å². The number of amides is 1. The molecule has 1 fully saturated rings. The first kappa shape index (κ1) is 22.3. The van der Waals surface area contributed by atoms with E-state index in [0.29, 0.717) is 24.2 Å². The van der Waals surface area contributed by atoms with E-state index in [-0.39, 0.29) is 23.7 Å². The van der Waals surface area contributed by atoms with Gasteiger partial charge in [-0.1, -0.05) is 6.07 Å². The maximum absolute atomic E-state index is 13.1. The van der Waals surface area contributed by atoms with Crippen molar-refractivity contribution in [1.29, 1.82) is 0 Å². The average Bonchev–Trinajstić information content (AvgIpc) is 2.93. The second-order valence-corrected chi connectivity index (χ2v) is 9.27. The van der Waals surface area contributed by atoms with Gasteiger partial charge in [-0.15, -0.1) is 0 Å². The molecule has 1 aliphatic heterocycles. The fourth-order valence-corrected chi connectivity index (χ4v) is 5.57. The number of nitrogens with one attached hydrogen (secondary N) is 1. The van der Waals surface area contributed by atoms with Crippen molar-refractivity contribution in [2.24, 2.45) is 13.0 Å². The lowest BCUT2D eigenvalue weighted by Gasteiger charge is -2.31. The normalized spacial score (nSPS) is 18.4.